The van der Waals surface area contributed by atoms with Gasteiger partial charge in [0, 0.05) is 16.1 Å². The largest absolute Gasteiger partial charge is 0.486 e. The van der Waals surface area contributed by atoms with Crippen LogP contribution in [0.4, 0.5) is 11.4 Å². The number of halogens is 1. The summed E-state index contributed by atoms with van der Waals surface area (Å²) >= 11 is 3.20. The molecule has 176 valence electrons. The first-order valence-electron chi connectivity index (χ1n) is 10.0. The Morgan fingerprint density at radius 3 is 2.41 bits per heavy atom. The summed E-state index contributed by atoms with van der Waals surface area (Å²) in [5.74, 6) is -0.900. The lowest BCUT2D eigenvalue weighted by Crippen LogP contribution is -2.19. The van der Waals surface area contributed by atoms with Gasteiger partial charge in [-0.1, -0.05) is 22.0 Å². The van der Waals surface area contributed by atoms with Gasteiger partial charge in [0.25, 0.3) is 15.9 Å². The van der Waals surface area contributed by atoms with Gasteiger partial charge in [0.2, 0.25) is 0 Å². The number of hydrogen-bond donors (Lipinski definition) is 3. The van der Waals surface area contributed by atoms with Crippen LogP contribution in [0.5, 0.6) is 11.5 Å². The predicted molar refractivity (Wildman–Crippen MR) is 128 cm³/mol. The number of aryl methyl sites for hydroxylation is 1. The van der Waals surface area contributed by atoms with Crippen LogP contribution < -0.4 is 19.5 Å². The lowest BCUT2D eigenvalue weighted by atomic mass is 10.1. The molecule has 3 aromatic rings. The van der Waals surface area contributed by atoms with Crippen LogP contribution in [0.25, 0.3) is 0 Å². The van der Waals surface area contributed by atoms with Crippen LogP contribution in [-0.2, 0) is 10.0 Å². The molecule has 1 heterocycles. The van der Waals surface area contributed by atoms with Gasteiger partial charge in [-0.3, -0.25) is 9.52 Å². The van der Waals surface area contributed by atoms with Crippen LogP contribution in [-0.4, -0.2) is 38.6 Å². The molecule has 1 aliphatic rings. The van der Waals surface area contributed by atoms with Gasteiger partial charge in [0.05, 0.1) is 21.8 Å². The van der Waals surface area contributed by atoms with Gasteiger partial charge in [-0.2, -0.15) is 0 Å². The Morgan fingerprint density at radius 1 is 0.941 bits per heavy atom. The topological polar surface area (TPSA) is 131 Å². The first-order valence-corrected chi connectivity index (χ1v) is 12.3. The highest BCUT2D eigenvalue weighted by Gasteiger charge is 2.21. The van der Waals surface area contributed by atoms with Crippen molar-refractivity contribution in [3.63, 3.8) is 0 Å². The van der Waals surface area contributed by atoms with Crippen LogP contribution in [0, 0.1) is 6.92 Å². The molecule has 0 spiro atoms. The molecule has 3 aromatic carbocycles. The molecule has 11 heteroatoms. The van der Waals surface area contributed by atoms with Crippen molar-refractivity contribution in [1.82, 2.24) is 0 Å². The molecule has 9 nitrogen and oxygen atoms in total. The third-order valence-electron chi connectivity index (χ3n) is 5.02. The zero-order valence-electron chi connectivity index (χ0n) is 17.8. The zero-order chi connectivity index (χ0) is 24.5. The Hall–Kier alpha value is -3.57. The minimum Gasteiger partial charge on any atom is -0.486 e. The van der Waals surface area contributed by atoms with Gasteiger partial charge in [-0.15, -0.1) is 0 Å². The lowest BCUT2D eigenvalue weighted by Gasteiger charge is -2.19. The highest BCUT2D eigenvalue weighted by atomic mass is 79.9. The molecule has 1 amide bonds. The van der Waals surface area contributed by atoms with E-state index in [1.807, 2.05) is 0 Å². The van der Waals surface area contributed by atoms with E-state index in [0.717, 1.165) is 0 Å². The van der Waals surface area contributed by atoms with E-state index in [1.165, 1.54) is 36.4 Å². The summed E-state index contributed by atoms with van der Waals surface area (Å²) in [6.07, 6.45) is 0. The molecule has 0 bridgehead atoms. The maximum absolute atomic E-state index is 13.0. The second kappa shape index (κ2) is 9.35. The molecule has 34 heavy (non-hydrogen) atoms. The standard InChI is InChI=1S/C23H19BrN2O7S/c1-13-2-5-16(34(30,31)26-15-4-7-20-21(11-15)33-9-8-32-20)12-17(13)22(27)25-19-6-3-14(24)10-18(19)23(28)29/h2-7,10-12,26H,8-9H2,1H3,(H,25,27)(H,28,29). The van der Waals surface area contributed by atoms with Gasteiger partial charge >= 0.3 is 5.97 Å². The van der Waals surface area contributed by atoms with E-state index in [1.54, 1.807) is 25.1 Å². The van der Waals surface area contributed by atoms with E-state index in [0.29, 0.717) is 34.7 Å². The molecule has 1 aliphatic heterocycles. The van der Waals surface area contributed by atoms with Crippen molar-refractivity contribution in [2.75, 3.05) is 23.3 Å². The minimum atomic E-state index is -4.04. The molecule has 0 atom stereocenters. The number of rotatable bonds is 6. The van der Waals surface area contributed by atoms with Crippen molar-refractivity contribution in [1.29, 1.82) is 0 Å². The van der Waals surface area contributed by atoms with Crippen molar-refractivity contribution >= 4 is 49.2 Å². The molecule has 0 saturated heterocycles. The summed E-state index contributed by atoms with van der Waals surface area (Å²) in [5.41, 5.74) is 0.859. The molecule has 0 aromatic heterocycles. The summed E-state index contributed by atoms with van der Waals surface area (Å²) in [4.78, 5) is 24.3. The Balaban J connectivity index is 1.60. The molecule has 3 N–H and O–H groups in total. The first-order chi connectivity index (χ1) is 16.1. The Kier molecular flexibility index (Phi) is 6.49. The molecule has 0 fully saturated rings. The number of sulfonamides is 1. The van der Waals surface area contributed by atoms with Gasteiger partial charge in [0.1, 0.15) is 13.2 Å². The molecule has 0 aliphatic carbocycles. The number of anilines is 2. The van der Waals surface area contributed by atoms with Crippen molar-refractivity contribution < 1.29 is 32.6 Å². The number of carboxylic acids is 1. The van der Waals surface area contributed by atoms with Gasteiger partial charge in [-0.05, 0) is 55.0 Å². The molecular formula is C23H19BrN2O7S. The highest BCUT2D eigenvalue weighted by molar-refractivity contribution is 9.10. The lowest BCUT2D eigenvalue weighted by molar-refractivity contribution is 0.0698. The van der Waals surface area contributed by atoms with E-state index in [-0.39, 0.29) is 27.4 Å². The number of fused-ring (bicyclic) bond motifs is 1. The van der Waals surface area contributed by atoms with Crippen LogP contribution >= 0.6 is 15.9 Å². The van der Waals surface area contributed by atoms with Gasteiger partial charge < -0.3 is 19.9 Å². The highest BCUT2D eigenvalue weighted by Crippen LogP contribution is 2.33. The Labute approximate surface area is 203 Å². The normalized spacial score (nSPS) is 12.6. The van der Waals surface area contributed by atoms with E-state index in [2.05, 4.69) is 26.0 Å². The minimum absolute atomic E-state index is 0.0859. The van der Waals surface area contributed by atoms with Gasteiger partial charge in [0.15, 0.2) is 11.5 Å². The SMILES string of the molecule is Cc1ccc(S(=O)(=O)Nc2ccc3c(c2)OCCO3)cc1C(=O)Nc1ccc(Br)cc1C(=O)O. The average molecular weight is 547 g/mol. The Bertz CT molecular complexity index is 1410. The number of carbonyl (C=O) groups is 2. The second-order valence-corrected chi connectivity index (χ2v) is 9.99. The van der Waals surface area contributed by atoms with E-state index >= 15 is 0 Å². The fourth-order valence-corrected chi connectivity index (χ4v) is 4.76. The molecule has 4 rings (SSSR count). The van der Waals surface area contributed by atoms with Crippen LogP contribution in [0.3, 0.4) is 0 Å². The number of ether oxygens (including phenoxy) is 2. The predicted octanol–water partition coefficient (Wildman–Crippen LogP) is 4.28. The molecule has 0 radical (unpaired) electrons. The van der Waals surface area contributed by atoms with E-state index < -0.39 is 21.9 Å². The number of amides is 1. The van der Waals surface area contributed by atoms with Crippen LogP contribution in [0.15, 0.2) is 64.0 Å². The number of aromatic carboxylic acids is 1. The fraction of sp³-hybridized carbons (Fsp3) is 0.130. The smallest absolute Gasteiger partial charge is 0.337 e. The van der Waals surface area contributed by atoms with Crippen molar-refractivity contribution in [2.45, 2.75) is 11.8 Å². The van der Waals surface area contributed by atoms with Gasteiger partial charge in [-0.25, -0.2) is 13.2 Å². The van der Waals surface area contributed by atoms with Crippen molar-refractivity contribution in [3.05, 3.63) is 75.8 Å². The Morgan fingerprint density at radius 2 is 1.68 bits per heavy atom. The number of benzene rings is 3. The quantitative estimate of drug-likeness (QED) is 0.420. The van der Waals surface area contributed by atoms with Crippen LogP contribution in [0.1, 0.15) is 26.3 Å². The molecular weight excluding hydrogens is 528 g/mol. The summed E-state index contributed by atoms with van der Waals surface area (Å²) in [7, 11) is -4.04. The maximum Gasteiger partial charge on any atom is 0.337 e. The maximum atomic E-state index is 13.0. The molecule has 0 saturated carbocycles. The third kappa shape index (κ3) is 5.00. The van der Waals surface area contributed by atoms with E-state index in [4.69, 9.17) is 9.47 Å². The zero-order valence-corrected chi connectivity index (χ0v) is 20.2. The number of carbonyl (C=O) groups excluding carboxylic acids is 1. The summed E-state index contributed by atoms with van der Waals surface area (Å²) < 4.78 is 39.9. The van der Waals surface area contributed by atoms with Crippen molar-refractivity contribution in [3.8, 4) is 11.5 Å². The monoisotopic (exact) mass is 546 g/mol. The third-order valence-corrected chi connectivity index (χ3v) is 6.89. The number of carboxylic acid groups (broad SMARTS) is 1. The van der Waals surface area contributed by atoms with Crippen LogP contribution in [0.2, 0.25) is 0 Å². The summed E-state index contributed by atoms with van der Waals surface area (Å²) in [6, 6.07) is 13.2. The van der Waals surface area contributed by atoms with E-state index in [9.17, 15) is 23.1 Å². The first kappa shape index (κ1) is 23.6. The average Bonchev–Trinajstić information content (AvgIpc) is 2.79. The summed E-state index contributed by atoms with van der Waals surface area (Å²) in [6.45, 7) is 2.43. The number of nitrogens with one attached hydrogen (secondary N) is 2. The fourth-order valence-electron chi connectivity index (χ4n) is 3.33. The number of hydrogen-bond acceptors (Lipinski definition) is 6. The molecule has 0 unspecified atom stereocenters. The second-order valence-electron chi connectivity index (χ2n) is 7.39. The van der Waals surface area contributed by atoms with Crippen molar-refractivity contribution in [2.24, 2.45) is 0 Å². The summed E-state index contributed by atoms with van der Waals surface area (Å²) in [5, 5.41) is 12.0.